The molecule has 0 aromatic rings. The molecule has 0 radical (unpaired) electrons. The largest absolute Gasteiger partial charge is 0.401 e. The molecule has 1 aliphatic carbocycles. The summed E-state index contributed by atoms with van der Waals surface area (Å²) in [5, 5.41) is 2.23. The molecule has 1 aliphatic rings. The Labute approximate surface area is 92.6 Å². The number of hydrogen-bond acceptors (Lipinski definition) is 2. The molecule has 3 N–H and O–H groups in total. The number of alkyl halides is 3. The third-order valence-corrected chi connectivity index (χ3v) is 2.95. The lowest BCUT2D eigenvalue weighted by Gasteiger charge is -2.29. The number of primary amides is 1. The molecule has 0 aliphatic heterocycles. The van der Waals surface area contributed by atoms with Gasteiger partial charge in [-0.15, -0.1) is 0 Å². The first-order valence-electron chi connectivity index (χ1n) is 5.49. The highest BCUT2D eigenvalue weighted by molar-refractivity contribution is 5.80. The SMILES string of the molecule is NC(=O)C(NCC(F)(F)F)C1CCCCC1. The Balaban J connectivity index is 2.49. The van der Waals surface area contributed by atoms with E-state index in [4.69, 9.17) is 5.73 Å². The molecule has 0 heterocycles. The van der Waals surface area contributed by atoms with E-state index < -0.39 is 24.7 Å². The molecular formula is C10H17F3N2O. The van der Waals surface area contributed by atoms with Crippen LogP contribution in [0.3, 0.4) is 0 Å². The van der Waals surface area contributed by atoms with E-state index in [0.717, 1.165) is 32.1 Å². The van der Waals surface area contributed by atoms with Crippen LogP contribution in [0.25, 0.3) is 0 Å². The molecule has 3 nitrogen and oxygen atoms in total. The lowest BCUT2D eigenvalue weighted by molar-refractivity contribution is -0.132. The minimum absolute atomic E-state index is 0.0476. The highest BCUT2D eigenvalue weighted by Gasteiger charge is 2.33. The van der Waals surface area contributed by atoms with Crippen LogP contribution in [-0.2, 0) is 4.79 Å². The second-order valence-electron chi connectivity index (χ2n) is 4.27. The fraction of sp³-hybridized carbons (Fsp3) is 0.900. The molecule has 1 saturated carbocycles. The van der Waals surface area contributed by atoms with E-state index in [0.29, 0.717) is 0 Å². The summed E-state index contributed by atoms with van der Waals surface area (Å²) >= 11 is 0. The van der Waals surface area contributed by atoms with Gasteiger partial charge in [0.15, 0.2) is 0 Å². The molecule has 1 amide bonds. The quantitative estimate of drug-likeness (QED) is 0.781. The average Bonchev–Trinajstić information content (AvgIpc) is 2.17. The first-order chi connectivity index (χ1) is 7.40. The Morgan fingerprint density at radius 2 is 1.88 bits per heavy atom. The molecule has 0 spiro atoms. The molecule has 94 valence electrons. The van der Waals surface area contributed by atoms with Crippen molar-refractivity contribution in [1.82, 2.24) is 5.32 Å². The highest BCUT2D eigenvalue weighted by atomic mass is 19.4. The van der Waals surface area contributed by atoms with Crippen molar-refractivity contribution in [3.63, 3.8) is 0 Å². The third kappa shape index (κ3) is 4.38. The fourth-order valence-electron chi connectivity index (χ4n) is 2.19. The van der Waals surface area contributed by atoms with Crippen LogP contribution in [0.15, 0.2) is 0 Å². The molecule has 0 aromatic carbocycles. The second kappa shape index (κ2) is 5.52. The number of amides is 1. The van der Waals surface area contributed by atoms with E-state index in [1.807, 2.05) is 0 Å². The summed E-state index contributed by atoms with van der Waals surface area (Å²) in [6.07, 6.45) is 0.255. The van der Waals surface area contributed by atoms with Gasteiger partial charge in [0.25, 0.3) is 0 Å². The van der Waals surface area contributed by atoms with E-state index in [1.165, 1.54) is 0 Å². The minimum Gasteiger partial charge on any atom is -0.368 e. The van der Waals surface area contributed by atoms with Crippen LogP contribution < -0.4 is 11.1 Å². The van der Waals surface area contributed by atoms with Crippen LogP contribution in [0.5, 0.6) is 0 Å². The van der Waals surface area contributed by atoms with Crippen molar-refractivity contribution in [2.75, 3.05) is 6.54 Å². The van der Waals surface area contributed by atoms with Gasteiger partial charge >= 0.3 is 6.18 Å². The lowest BCUT2D eigenvalue weighted by Crippen LogP contribution is -2.50. The number of rotatable bonds is 4. The Morgan fingerprint density at radius 1 is 1.31 bits per heavy atom. The number of nitrogens with one attached hydrogen (secondary N) is 1. The molecule has 16 heavy (non-hydrogen) atoms. The summed E-state index contributed by atoms with van der Waals surface area (Å²) in [6.45, 7) is -1.16. The third-order valence-electron chi connectivity index (χ3n) is 2.95. The van der Waals surface area contributed by atoms with Crippen molar-refractivity contribution in [1.29, 1.82) is 0 Å². The maximum atomic E-state index is 12.0. The molecule has 0 saturated heterocycles. The summed E-state index contributed by atoms with van der Waals surface area (Å²) in [6, 6.07) is -0.845. The van der Waals surface area contributed by atoms with E-state index in [9.17, 15) is 18.0 Å². The summed E-state index contributed by atoms with van der Waals surface area (Å²) in [7, 11) is 0. The monoisotopic (exact) mass is 238 g/mol. The Hall–Kier alpha value is -0.780. The highest BCUT2D eigenvalue weighted by Crippen LogP contribution is 2.27. The van der Waals surface area contributed by atoms with Crippen LogP contribution >= 0.6 is 0 Å². The van der Waals surface area contributed by atoms with Crippen LogP contribution in [-0.4, -0.2) is 24.7 Å². The Bertz CT molecular complexity index is 237. The molecular weight excluding hydrogens is 221 g/mol. The number of halogens is 3. The van der Waals surface area contributed by atoms with Gasteiger partial charge in [0, 0.05) is 0 Å². The summed E-state index contributed by atoms with van der Waals surface area (Å²) in [5.74, 6) is -0.732. The normalized spacial score (nSPS) is 20.7. The van der Waals surface area contributed by atoms with Crippen LogP contribution in [0.2, 0.25) is 0 Å². The van der Waals surface area contributed by atoms with Gasteiger partial charge in [-0.1, -0.05) is 19.3 Å². The second-order valence-corrected chi connectivity index (χ2v) is 4.27. The van der Waals surface area contributed by atoms with Crippen molar-refractivity contribution in [2.24, 2.45) is 11.7 Å². The lowest BCUT2D eigenvalue weighted by atomic mass is 9.83. The summed E-state index contributed by atoms with van der Waals surface area (Å²) in [5.41, 5.74) is 5.13. The summed E-state index contributed by atoms with van der Waals surface area (Å²) in [4.78, 5) is 11.1. The zero-order valence-corrected chi connectivity index (χ0v) is 9.02. The van der Waals surface area contributed by atoms with Gasteiger partial charge in [-0.05, 0) is 18.8 Å². The van der Waals surface area contributed by atoms with E-state index >= 15 is 0 Å². The van der Waals surface area contributed by atoms with Crippen LogP contribution in [0.1, 0.15) is 32.1 Å². The molecule has 1 unspecified atom stereocenters. The molecule has 6 heteroatoms. The standard InChI is InChI=1S/C10H17F3N2O/c11-10(12,13)6-15-8(9(14)16)7-4-2-1-3-5-7/h7-8,15H,1-6H2,(H2,14,16). The number of nitrogens with two attached hydrogens (primary N) is 1. The first kappa shape index (κ1) is 13.3. The molecule has 1 fully saturated rings. The number of hydrogen-bond donors (Lipinski definition) is 2. The van der Waals surface area contributed by atoms with Crippen LogP contribution in [0.4, 0.5) is 13.2 Å². The minimum atomic E-state index is -4.30. The molecule has 0 aromatic heterocycles. The summed E-state index contributed by atoms with van der Waals surface area (Å²) < 4.78 is 36.1. The van der Waals surface area contributed by atoms with Gasteiger partial charge in [0.05, 0.1) is 12.6 Å². The zero-order chi connectivity index (χ0) is 12.2. The van der Waals surface area contributed by atoms with E-state index in [-0.39, 0.29) is 5.92 Å². The Morgan fingerprint density at radius 3 is 2.31 bits per heavy atom. The number of carbonyl (C=O) groups excluding carboxylic acids is 1. The average molecular weight is 238 g/mol. The van der Waals surface area contributed by atoms with Gasteiger partial charge in [0.1, 0.15) is 0 Å². The first-order valence-corrected chi connectivity index (χ1v) is 5.49. The zero-order valence-electron chi connectivity index (χ0n) is 9.02. The van der Waals surface area contributed by atoms with Gasteiger partial charge in [-0.2, -0.15) is 13.2 Å². The van der Waals surface area contributed by atoms with Gasteiger partial charge in [0.2, 0.25) is 5.91 Å². The topological polar surface area (TPSA) is 55.1 Å². The van der Waals surface area contributed by atoms with E-state index in [1.54, 1.807) is 0 Å². The van der Waals surface area contributed by atoms with Gasteiger partial charge < -0.3 is 5.73 Å². The maximum absolute atomic E-state index is 12.0. The predicted octanol–water partition coefficient (Wildman–Crippen LogP) is 1.57. The van der Waals surface area contributed by atoms with Gasteiger partial charge in [-0.3, -0.25) is 10.1 Å². The van der Waals surface area contributed by atoms with E-state index in [2.05, 4.69) is 5.32 Å². The number of carbonyl (C=O) groups is 1. The van der Waals surface area contributed by atoms with Crippen LogP contribution in [0, 0.1) is 5.92 Å². The van der Waals surface area contributed by atoms with Crippen molar-refractivity contribution < 1.29 is 18.0 Å². The van der Waals surface area contributed by atoms with Crippen molar-refractivity contribution in [3.05, 3.63) is 0 Å². The molecule has 1 atom stereocenters. The van der Waals surface area contributed by atoms with Crippen molar-refractivity contribution in [3.8, 4) is 0 Å². The fourth-order valence-corrected chi connectivity index (χ4v) is 2.19. The predicted molar refractivity (Wildman–Crippen MR) is 53.6 cm³/mol. The van der Waals surface area contributed by atoms with Crippen molar-refractivity contribution >= 4 is 5.91 Å². The molecule has 1 rings (SSSR count). The smallest absolute Gasteiger partial charge is 0.368 e. The van der Waals surface area contributed by atoms with Gasteiger partial charge in [-0.25, -0.2) is 0 Å². The molecule has 0 bridgehead atoms. The maximum Gasteiger partial charge on any atom is 0.401 e. The Kier molecular flexibility index (Phi) is 4.58. The van der Waals surface area contributed by atoms with Crippen molar-refractivity contribution in [2.45, 2.75) is 44.3 Å².